The number of carbonyl (C=O) groups is 1. The van der Waals surface area contributed by atoms with Gasteiger partial charge in [0.25, 0.3) is 5.69 Å². The number of hydrogen-bond donors (Lipinski definition) is 0. The third kappa shape index (κ3) is 4.37. The van der Waals surface area contributed by atoms with E-state index in [-0.39, 0.29) is 24.3 Å². The molecule has 3 aromatic rings. The molecule has 0 amide bonds. The van der Waals surface area contributed by atoms with Gasteiger partial charge >= 0.3 is 11.7 Å². The van der Waals surface area contributed by atoms with Gasteiger partial charge in [-0.1, -0.05) is 31.2 Å². The van der Waals surface area contributed by atoms with Crippen molar-refractivity contribution in [2.24, 2.45) is 0 Å². The fourth-order valence-electron chi connectivity index (χ4n) is 3.35. The minimum atomic E-state index is -0.624. The second kappa shape index (κ2) is 8.72. The first-order valence-corrected chi connectivity index (χ1v) is 9.54. The zero-order chi connectivity index (χ0) is 21.0. The van der Waals surface area contributed by atoms with Crippen LogP contribution in [0.2, 0.25) is 0 Å². The number of benzene rings is 2. The molecular formula is C21H23N3O5. The number of para-hydroxylation sites is 2. The normalized spacial score (nSPS) is 12.1. The molecule has 0 fully saturated rings. The van der Waals surface area contributed by atoms with Crippen LogP contribution in [-0.4, -0.2) is 20.0 Å². The molecule has 1 heterocycles. The van der Waals surface area contributed by atoms with Gasteiger partial charge < -0.3 is 4.74 Å². The van der Waals surface area contributed by atoms with Crippen molar-refractivity contribution in [1.82, 2.24) is 9.13 Å². The highest BCUT2D eigenvalue weighted by Crippen LogP contribution is 2.22. The van der Waals surface area contributed by atoms with Gasteiger partial charge in [0.1, 0.15) is 6.10 Å². The van der Waals surface area contributed by atoms with E-state index in [0.717, 1.165) is 17.5 Å². The van der Waals surface area contributed by atoms with E-state index in [1.165, 1.54) is 12.1 Å². The average molecular weight is 397 g/mol. The number of nitro benzene ring substituents is 1. The summed E-state index contributed by atoms with van der Waals surface area (Å²) in [4.78, 5) is 35.5. The van der Waals surface area contributed by atoms with Gasteiger partial charge in [-0.3, -0.25) is 24.0 Å². The fourth-order valence-corrected chi connectivity index (χ4v) is 3.35. The first-order chi connectivity index (χ1) is 13.9. The molecule has 0 aliphatic carbocycles. The van der Waals surface area contributed by atoms with Crippen molar-refractivity contribution in [1.29, 1.82) is 0 Å². The van der Waals surface area contributed by atoms with Crippen molar-refractivity contribution in [3.8, 4) is 0 Å². The van der Waals surface area contributed by atoms with E-state index < -0.39 is 17.0 Å². The summed E-state index contributed by atoms with van der Waals surface area (Å²) in [6, 6.07) is 13.5. The zero-order valence-electron chi connectivity index (χ0n) is 16.4. The lowest BCUT2D eigenvalue weighted by atomic mass is 10.1. The molecule has 0 bridgehead atoms. The smallest absolute Gasteiger partial charge is 0.329 e. The lowest BCUT2D eigenvalue weighted by molar-refractivity contribution is -0.385. The van der Waals surface area contributed by atoms with Crippen LogP contribution in [0.15, 0.2) is 53.3 Å². The molecule has 152 valence electrons. The van der Waals surface area contributed by atoms with Crippen LogP contribution in [0.25, 0.3) is 11.0 Å². The number of nitrogens with zero attached hydrogens (tertiary/aromatic N) is 3. The zero-order valence-corrected chi connectivity index (χ0v) is 16.4. The van der Waals surface area contributed by atoms with Crippen LogP contribution in [0.3, 0.4) is 0 Å². The molecule has 8 heteroatoms. The minimum absolute atomic E-state index is 0.0271. The number of non-ortho nitro benzene ring substituents is 1. The standard InChI is InChI=1S/C21H23N3O5/c1-3-12-22-18-9-4-5-10-19(18)23(21(22)26)13-11-20(25)29-15(2)16-7-6-8-17(14-16)24(27)28/h4-10,14-15H,3,11-13H2,1-2H3/t15-/m1/s1. The number of carbonyl (C=O) groups excluding carboxylic acids is 1. The van der Waals surface area contributed by atoms with Crippen molar-refractivity contribution in [3.63, 3.8) is 0 Å². The molecule has 0 N–H and O–H groups in total. The van der Waals surface area contributed by atoms with Crippen LogP contribution in [0, 0.1) is 10.1 Å². The average Bonchev–Trinajstić information content (AvgIpc) is 2.98. The Morgan fingerprint density at radius 3 is 2.38 bits per heavy atom. The quantitative estimate of drug-likeness (QED) is 0.327. The third-order valence-electron chi connectivity index (χ3n) is 4.77. The van der Waals surface area contributed by atoms with Crippen LogP contribution in [0.1, 0.15) is 38.4 Å². The number of aromatic nitrogens is 2. The minimum Gasteiger partial charge on any atom is -0.458 e. The number of esters is 1. The lowest BCUT2D eigenvalue weighted by Gasteiger charge is -2.13. The van der Waals surface area contributed by atoms with Crippen LogP contribution in [-0.2, 0) is 22.6 Å². The number of fused-ring (bicyclic) bond motifs is 1. The van der Waals surface area contributed by atoms with Crippen LogP contribution >= 0.6 is 0 Å². The van der Waals surface area contributed by atoms with E-state index in [9.17, 15) is 19.7 Å². The summed E-state index contributed by atoms with van der Waals surface area (Å²) in [6.07, 6.45) is 0.233. The van der Waals surface area contributed by atoms with E-state index in [1.54, 1.807) is 28.2 Å². The maximum absolute atomic E-state index is 12.7. The van der Waals surface area contributed by atoms with Crippen LogP contribution in [0.5, 0.6) is 0 Å². The maximum Gasteiger partial charge on any atom is 0.329 e. The van der Waals surface area contributed by atoms with Gasteiger partial charge in [0.15, 0.2) is 0 Å². The second-order valence-electron chi connectivity index (χ2n) is 6.81. The number of nitro groups is 1. The molecule has 1 atom stereocenters. The topological polar surface area (TPSA) is 96.4 Å². The van der Waals surface area contributed by atoms with Crippen molar-refractivity contribution in [2.75, 3.05) is 0 Å². The number of aryl methyl sites for hydroxylation is 2. The van der Waals surface area contributed by atoms with E-state index in [1.807, 2.05) is 31.2 Å². The molecule has 0 aliphatic rings. The highest BCUT2D eigenvalue weighted by atomic mass is 16.6. The highest BCUT2D eigenvalue weighted by Gasteiger charge is 2.17. The summed E-state index contributed by atoms with van der Waals surface area (Å²) >= 11 is 0. The van der Waals surface area contributed by atoms with Gasteiger partial charge in [-0.15, -0.1) is 0 Å². The van der Waals surface area contributed by atoms with Crippen LogP contribution < -0.4 is 5.69 Å². The molecule has 0 saturated heterocycles. The summed E-state index contributed by atoms with van der Waals surface area (Å²) in [5, 5.41) is 10.9. The third-order valence-corrected chi connectivity index (χ3v) is 4.77. The van der Waals surface area contributed by atoms with E-state index >= 15 is 0 Å². The van der Waals surface area contributed by atoms with Gasteiger partial charge in [0, 0.05) is 25.2 Å². The number of rotatable bonds is 8. The van der Waals surface area contributed by atoms with Crippen molar-refractivity contribution < 1.29 is 14.5 Å². The summed E-state index contributed by atoms with van der Waals surface area (Å²) in [7, 11) is 0. The van der Waals surface area contributed by atoms with E-state index in [4.69, 9.17) is 4.74 Å². The molecule has 0 spiro atoms. The van der Waals surface area contributed by atoms with Gasteiger partial charge in [-0.05, 0) is 31.0 Å². The highest BCUT2D eigenvalue weighted by molar-refractivity contribution is 5.76. The molecule has 8 nitrogen and oxygen atoms in total. The van der Waals surface area contributed by atoms with Crippen molar-refractivity contribution in [3.05, 3.63) is 74.7 Å². The maximum atomic E-state index is 12.7. The first-order valence-electron chi connectivity index (χ1n) is 9.54. The Kier molecular flexibility index (Phi) is 6.11. The Labute approximate surface area is 167 Å². The summed E-state index contributed by atoms with van der Waals surface area (Å²) in [5.41, 5.74) is 1.97. The van der Waals surface area contributed by atoms with Gasteiger partial charge in [-0.2, -0.15) is 0 Å². The van der Waals surface area contributed by atoms with Gasteiger partial charge in [0.2, 0.25) is 0 Å². The number of imidazole rings is 1. The lowest BCUT2D eigenvalue weighted by Crippen LogP contribution is -2.25. The summed E-state index contributed by atoms with van der Waals surface area (Å²) in [5.74, 6) is -0.469. The first kappa shape index (κ1) is 20.3. The molecule has 0 radical (unpaired) electrons. The van der Waals surface area contributed by atoms with Crippen molar-refractivity contribution >= 4 is 22.7 Å². The Hall–Kier alpha value is -3.42. The number of hydrogen-bond acceptors (Lipinski definition) is 5. The molecule has 2 aromatic carbocycles. The Balaban J connectivity index is 1.71. The Morgan fingerprint density at radius 1 is 1.10 bits per heavy atom. The van der Waals surface area contributed by atoms with E-state index in [0.29, 0.717) is 12.1 Å². The molecular weight excluding hydrogens is 374 g/mol. The summed E-state index contributed by atoms with van der Waals surface area (Å²) < 4.78 is 8.72. The largest absolute Gasteiger partial charge is 0.458 e. The SMILES string of the molecule is CCCn1c(=O)n(CCC(=O)O[C@H](C)c2cccc([N+](=O)[O-])c2)c2ccccc21. The van der Waals surface area contributed by atoms with Crippen LogP contribution in [0.4, 0.5) is 5.69 Å². The molecule has 1 aromatic heterocycles. The molecule has 0 saturated carbocycles. The Morgan fingerprint density at radius 2 is 1.76 bits per heavy atom. The molecule has 29 heavy (non-hydrogen) atoms. The summed E-state index contributed by atoms with van der Waals surface area (Å²) in [6.45, 7) is 4.48. The number of ether oxygens (including phenoxy) is 1. The monoisotopic (exact) mass is 397 g/mol. The van der Waals surface area contributed by atoms with Gasteiger partial charge in [-0.25, -0.2) is 4.79 Å². The predicted molar refractivity (Wildman–Crippen MR) is 109 cm³/mol. The molecule has 0 unspecified atom stereocenters. The van der Waals surface area contributed by atoms with Crippen molar-refractivity contribution in [2.45, 2.75) is 45.9 Å². The molecule has 0 aliphatic heterocycles. The predicted octanol–water partition coefficient (Wildman–Crippen LogP) is 3.82. The molecule has 3 rings (SSSR count). The van der Waals surface area contributed by atoms with Gasteiger partial charge in [0.05, 0.1) is 22.4 Å². The Bertz CT molecular complexity index is 1100. The fraction of sp³-hybridized carbons (Fsp3) is 0.333. The van der Waals surface area contributed by atoms with E-state index in [2.05, 4.69) is 0 Å². The second-order valence-corrected chi connectivity index (χ2v) is 6.81.